The molecule has 0 bridgehead atoms. The smallest absolute Gasteiger partial charge is 0.411 e. The predicted molar refractivity (Wildman–Crippen MR) is 139 cm³/mol. The van der Waals surface area contributed by atoms with Crippen LogP contribution in [0, 0.1) is 0 Å². The summed E-state index contributed by atoms with van der Waals surface area (Å²) in [6.45, 7) is 16.0. The van der Waals surface area contributed by atoms with Crippen LogP contribution in [-0.4, -0.2) is 37.4 Å². The Morgan fingerprint density at radius 3 is 2.61 bits per heavy atom. The van der Waals surface area contributed by atoms with E-state index in [1.54, 1.807) is 0 Å². The summed E-state index contributed by atoms with van der Waals surface area (Å²) in [5.74, 6) is 0.992. The van der Waals surface area contributed by atoms with Crippen LogP contribution in [0.4, 0.5) is 10.5 Å². The topological polar surface area (TPSA) is 65.4 Å². The van der Waals surface area contributed by atoms with E-state index in [0.29, 0.717) is 12.4 Å². The number of rotatable bonds is 14. The first kappa shape index (κ1) is 26.6. The molecule has 1 N–H and O–H groups in total. The largest absolute Gasteiger partial charge is 0.453 e. The quantitative estimate of drug-likeness (QED) is 0.191. The summed E-state index contributed by atoms with van der Waals surface area (Å²) in [6.07, 6.45) is 9.88. The van der Waals surface area contributed by atoms with Gasteiger partial charge in [-0.2, -0.15) is 0 Å². The maximum absolute atomic E-state index is 11.7. The molecule has 0 unspecified atom stereocenters. The fraction of sp³-hybridized carbons (Fsp3) is 0.462. The van der Waals surface area contributed by atoms with Gasteiger partial charge in [-0.3, -0.25) is 5.32 Å². The monoisotopic (exact) mass is 469 g/mol. The van der Waals surface area contributed by atoms with E-state index >= 15 is 0 Å². The summed E-state index contributed by atoms with van der Waals surface area (Å²) in [6, 6.07) is 7.04. The van der Waals surface area contributed by atoms with E-state index in [1.807, 2.05) is 30.4 Å². The number of carbonyl (C=O) groups excluding carboxylic acids is 1. The van der Waals surface area contributed by atoms with E-state index < -0.39 is 14.2 Å². The van der Waals surface area contributed by atoms with E-state index in [0.717, 1.165) is 67.4 Å². The third kappa shape index (κ3) is 9.02. The minimum atomic E-state index is -1.13. The molecule has 6 nitrogen and oxygen atoms in total. The van der Waals surface area contributed by atoms with Gasteiger partial charge in [0.05, 0.1) is 12.8 Å². The van der Waals surface area contributed by atoms with Crippen LogP contribution in [0.3, 0.4) is 0 Å². The standard InChI is InChI=1S/C26H39N3O3Si/c1-7-9-11-12-21-18-22(27-26(30)31-3)14-15-23(21)24-19-29(25(28-24)13-10-8-2)20-32-16-17-33(4,5)6/h7-8,14-15,18-19H,1-2,9-13,16-17,20H2,3-6H3,(H,27,30). The zero-order valence-corrected chi connectivity index (χ0v) is 21.7. The van der Waals surface area contributed by atoms with Crippen molar-refractivity contribution in [2.75, 3.05) is 19.0 Å². The number of unbranched alkanes of at least 4 members (excludes halogenated alkanes) is 1. The molecule has 2 rings (SSSR count). The fourth-order valence-electron chi connectivity index (χ4n) is 3.40. The van der Waals surface area contributed by atoms with E-state index in [4.69, 9.17) is 14.5 Å². The van der Waals surface area contributed by atoms with Gasteiger partial charge in [0.25, 0.3) is 0 Å². The number of aryl methyl sites for hydroxylation is 2. The maximum Gasteiger partial charge on any atom is 0.411 e. The van der Waals surface area contributed by atoms with Crippen molar-refractivity contribution in [1.29, 1.82) is 0 Å². The molecule has 0 aliphatic carbocycles. The number of aromatic nitrogens is 2. The minimum absolute atomic E-state index is 0.480. The summed E-state index contributed by atoms with van der Waals surface area (Å²) in [5, 5.41) is 2.76. The molecule has 180 valence electrons. The van der Waals surface area contributed by atoms with Crippen molar-refractivity contribution in [3.63, 3.8) is 0 Å². The zero-order valence-electron chi connectivity index (χ0n) is 20.7. The highest BCUT2D eigenvalue weighted by molar-refractivity contribution is 6.76. The first-order chi connectivity index (χ1) is 15.8. The number of benzene rings is 1. The number of carbonyl (C=O) groups is 1. The van der Waals surface area contributed by atoms with Crippen LogP contribution in [-0.2, 0) is 29.0 Å². The highest BCUT2D eigenvalue weighted by Gasteiger charge is 2.15. The van der Waals surface area contributed by atoms with Crippen LogP contribution in [0.25, 0.3) is 11.3 Å². The maximum atomic E-state index is 11.7. The SMILES string of the molecule is C=CCCCc1cc(NC(=O)OC)ccc1-c1cn(COCC[Si](C)(C)C)c(CCC=C)n1. The van der Waals surface area contributed by atoms with Gasteiger partial charge in [0, 0.05) is 38.5 Å². The molecule has 33 heavy (non-hydrogen) atoms. The van der Waals surface area contributed by atoms with Gasteiger partial charge in [0.2, 0.25) is 0 Å². The van der Waals surface area contributed by atoms with Gasteiger partial charge in [-0.25, -0.2) is 9.78 Å². The molecule has 0 radical (unpaired) electrons. The molecule has 0 atom stereocenters. The predicted octanol–water partition coefficient (Wildman–Crippen LogP) is 6.67. The molecule has 1 aromatic carbocycles. The molecule has 2 aromatic rings. The summed E-state index contributed by atoms with van der Waals surface area (Å²) in [4.78, 5) is 16.6. The Balaban J connectivity index is 2.31. The summed E-state index contributed by atoms with van der Waals surface area (Å²) >= 11 is 0. The summed E-state index contributed by atoms with van der Waals surface area (Å²) < 4.78 is 12.9. The molecule has 0 saturated carbocycles. The second kappa shape index (κ2) is 13.2. The van der Waals surface area contributed by atoms with Crippen molar-refractivity contribution < 1.29 is 14.3 Å². The van der Waals surface area contributed by atoms with Gasteiger partial charge in [-0.1, -0.05) is 37.9 Å². The Hall–Kier alpha value is -2.64. The summed E-state index contributed by atoms with van der Waals surface area (Å²) in [7, 11) is 0.229. The van der Waals surface area contributed by atoms with E-state index in [1.165, 1.54) is 7.11 Å². The number of nitrogens with one attached hydrogen (secondary N) is 1. The van der Waals surface area contributed by atoms with E-state index in [2.05, 4.69) is 48.9 Å². The Morgan fingerprint density at radius 1 is 1.18 bits per heavy atom. The van der Waals surface area contributed by atoms with Crippen molar-refractivity contribution in [3.05, 3.63) is 61.1 Å². The molecule has 0 saturated heterocycles. The van der Waals surface area contributed by atoms with E-state index in [9.17, 15) is 4.79 Å². The van der Waals surface area contributed by atoms with Gasteiger partial charge >= 0.3 is 6.09 Å². The second-order valence-corrected chi connectivity index (χ2v) is 15.0. The Morgan fingerprint density at radius 2 is 1.94 bits per heavy atom. The zero-order chi connectivity index (χ0) is 24.3. The molecule has 7 heteroatoms. The number of methoxy groups -OCH3 is 1. The lowest BCUT2D eigenvalue weighted by molar-refractivity contribution is 0.0852. The average Bonchev–Trinajstić information content (AvgIpc) is 3.17. The normalized spacial score (nSPS) is 11.3. The highest BCUT2D eigenvalue weighted by atomic mass is 28.3. The van der Waals surface area contributed by atoms with Crippen molar-refractivity contribution in [2.45, 2.75) is 64.5 Å². The molecule has 1 heterocycles. The fourth-order valence-corrected chi connectivity index (χ4v) is 4.16. The number of amides is 1. The number of imidazole rings is 1. The van der Waals surface area contributed by atoms with Gasteiger partial charge in [0.15, 0.2) is 0 Å². The van der Waals surface area contributed by atoms with Gasteiger partial charge in [0.1, 0.15) is 12.6 Å². The molecule has 0 spiro atoms. The highest BCUT2D eigenvalue weighted by Crippen LogP contribution is 2.28. The first-order valence-corrected chi connectivity index (χ1v) is 15.3. The molecular weight excluding hydrogens is 430 g/mol. The lowest BCUT2D eigenvalue weighted by atomic mass is 9.99. The van der Waals surface area contributed by atoms with Gasteiger partial charge in [-0.05, 0) is 49.4 Å². The number of allylic oxidation sites excluding steroid dienone is 2. The molecule has 0 aliphatic heterocycles. The first-order valence-electron chi connectivity index (χ1n) is 11.6. The van der Waals surface area contributed by atoms with Crippen molar-refractivity contribution in [1.82, 2.24) is 9.55 Å². The Bertz CT molecular complexity index is 931. The second-order valence-electron chi connectivity index (χ2n) is 9.36. The Kier molecular flexibility index (Phi) is 10.6. The number of hydrogen-bond acceptors (Lipinski definition) is 4. The van der Waals surface area contributed by atoms with Crippen LogP contribution in [0.5, 0.6) is 0 Å². The van der Waals surface area contributed by atoms with Crippen LogP contribution in [0.1, 0.15) is 30.7 Å². The molecular formula is C26H39N3O3Si. The molecule has 1 amide bonds. The van der Waals surface area contributed by atoms with Crippen molar-refractivity contribution in [3.8, 4) is 11.3 Å². The summed E-state index contributed by atoms with van der Waals surface area (Å²) in [5.41, 5.74) is 3.82. The number of ether oxygens (including phenoxy) is 2. The minimum Gasteiger partial charge on any atom is -0.453 e. The third-order valence-electron chi connectivity index (χ3n) is 5.33. The van der Waals surface area contributed by atoms with Crippen molar-refractivity contribution in [2.24, 2.45) is 0 Å². The van der Waals surface area contributed by atoms with Crippen molar-refractivity contribution >= 4 is 19.9 Å². The number of anilines is 1. The van der Waals surface area contributed by atoms with Crippen LogP contribution < -0.4 is 5.32 Å². The van der Waals surface area contributed by atoms with Crippen LogP contribution >= 0.6 is 0 Å². The molecule has 1 aromatic heterocycles. The molecule has 0 aliphatic rings. The van der Waals surface area contributed by atoms with E-state index in [-0.39, 0.29) is 0 Å². The lowest BCUT2D eigenvalue weighted by Crippen LogP contribution is -2.22. The van der Waals surface area contributed by atoms with Gasteiger partial charge < -0.3 is 14.0 Å². The molecule has 0 fully saturated rings. The number of hydrogen-bond donors (Lipinski definition) is 1. The average molecular weight is 470 g/mol. The van der Waals surface area contributed by atoms with Gasteiger partial charge in [-0.15, -0.1) is 13.2 Å². The lowest BCUT2D eigenvalue weighted by Gasteiger charge is -2.16. The van der Waals surface area contributed by atoms with Crippen LogP contribution in [0.2, 0.25) is 25.7 Å². The van der Waals surface area contributed by atoms with Crippen LogP contribution in [0.15, 0.2) is 49.7 Å². The Labute approximate surface area is 199 Å². The number of nitrogens with zero attached hydrogens (tertiary/aromatic N) is 2. The third-order valence-corrected chi connectivity index (χ3v) is 7.03.